The Morgan fingerprint density at radius 2 is 1.58 bits per heavy atom. The molecule has 0 spiro atoms. The van der Waals surface area contributed by atoms with E-state index in [-0.39, 0.29) is 17.7 Å². The molecule has 0 radical (unpaired) electrons. The number of nitrogens with zero attached hydrogens (tertiary/aromatic N) is 1. The van der Waals surface area contributed by atoms with Crippen molar-refractivity contribution in [1.29, 1.82) is 0 Å². The molecular formula is C21H20N2O3. The van der Waals surface area contributed by atoms with Crippen molar-refractivity contribution in [2.24, 2.45) is 23.7 Å². The topological polar surface area (TPSA) is 79.3 Å². The van der Waals surface area contributed by atoms with Crippen molar-refractivity contribution in [3.05, 3.63) is 72.1 Å². The molecule has 4 atom stereocenters. The molecule has 1 aromatic heterocycles. The summed E-state index contributed by atoms with van der Waals surface area (Å²) in [6.45, 7) is 0. The fourth-order valence-electron chi connectivity index (χ4n) is 4.18. The number of hydrogen-bond donors (Lipinski definition) is 2. The Labute approximate surface area is 151 Å². The second-order valence-electron chi connectivity index (χ2n) is 7.06. The molecule has 4 unspecified atom stereocenters. The van der Waals surface area contributed by atoms with Crippen molar-refractivity contribution in [3.8, 4) is 0 Å². The largest absolute Gasteiger partial charge is 0.481 e. The molecule has 132 valence electrons. The first-order valence-corrected chi connectivity index (χ1v) is 8.81. The summed E-state index contributed by atoms with van der Waals surface area (Å²) in [5, 5.41) is 12.4. The number of nitrogens with one attached hydrogen (secondary N) is 1. The first-order chi connectivity index (χ1) is 12.6. The van der Waals surface area contributed by atoms with Crippen molar-refractivity contribution in [3.63, 3.8) is 0 Å². The van der Waals surface area contributed by atoms with Gasteiger partial charge in [-0.3, -0.25) is 14.6 Å². The smallest absolute Gasteiger partial charge is 0.307 e. The van der Waals surface area contributed by atoms with Gasteiger partial charge in [0.2, 0.25) is 5.91 Å². The van der Waals surface area contributed by atoms with Crippen LogP contribution in [0.4, 0.5) is 5.69 Å². The number of hydrogen-bond acceptors (Lipinski definition) is 3. The number of allylic oxidation sites excluding steroid dienone is 2. The van der Waals surface area contributed by atoms with Gasteiger partial charge < -0.3 is 10.4 Å². The van der Waals surface area contributed by atoms with Crippen LogP contribution in [0.15, 0.2) is 60.9 Å². The van der Waals surface area contributed by atoms with Crippen LogP contribution in [-0.4, -0.2) is 22.0 Å². The van der Waals surface area contributed by atoms with E-state index in [0.29, 0.717) is 5.69 Å². The van der Waals surface area contributed by atoms with E-state index in [4.69, 9.17) is 0 Å². The molecule has 2 N–H and O–H groups in total. The van der Waals surface area contributed by atoms with Gasteiger partial charge in [0.05, 0.1) is 11.8 Å². The number of aliphatic carboxylic acids is 1. The van der Waals surface area contributed by atoms with Crippen molar-refractivity contribution in [2.45, 2.75) is 12.8 Å². The normalized spacial score (nSPS) is 26.0. The summed E-state index contributed by atoms with van der Waals surface area (Å²) < 4.78 is 0. The minimum atomic E-state index is -0.880. The third-order valence-electron chi connectivity index (χ3n) is 5.43. The number of pyridine rings is 1. The number of carboxylic acid groups (broad SMARTS) is 1. The fourth-order valence-corrected chi connectivity index (χ4v) is 4.18. The molecule has 0 saturated heterocycles. The van der Waals surface area contributed by atoms with Gasteiger partial charge in [-0.1, -0.05) is 24.3 Å². The molecule has 5 nitrogen and oxygen atoms in total. The van der Waals surface area contributed by atoms with Crippen LogP contribution < -0.4 is 5.32 Å². The molecule has 1 heterocycles. The van der Waals surface area contributed by atoms with E-state index in [1.165, 1.54) is 5.56 Å². The predicted octanol–water partition coefficient (Wildman–Crippen LogP) is 3.13. The second kappa shape index (κ2) is 6.75. The number of carbonyl (C=O) groups excluding carboxylic acids is 1. The van der Waals surface area contributed by atoms with E-state index in [1.807, 2.05) is 48.6 Å². The number of aromatic nitrogens is 1. The van der Waals surface area contributed by atoms with Gasteiger partial charge in [-0.2, -0.15) is 0 Å². The van der Waals surface area contributed by atoms with Crippen molar-refractivity contribution in [1.82, 2.24) is 4.98 Å². The number of carboxylic acids is 1. The van der Waals surface area contributed by atoms with Gasteiger partial charge in [-0.25, -0.2) is 0 Å². The molecule has 1 amide bonds. The molecule has 5 heteroatoms. The zero-order valence-electron chi connectivity index (χ0n) is 14.2. The molecule has 2 aliphatic carbocycles. The number of anilines is 1. The van der Waals surface area contributed by atoms with Crippen molar-refractivity contribution < 1.29 is 14.7 Å². The highest BCUT2D eigenvalue weighted by Crippen LogP contribution is 2.48. The number of benzene rings is 1. The van der Waals surface area contributed by atoms with Gasteiger partial charge in [-0.05, 0) is 60.1 Å². The van der Waals surface area contributed by atoms with Crippen molar-refractivity contribution >= 4 is 17.6 Å². The minimum Gasteiger partial charge on any atom is -0.481 e. The predicted molar refractivity (Wildman–Crippen MR) is 97.5 cm³/mol. The minimum absolute atomic E-state index is 0.0176. The number of amides is 1. The third kappa shape index (κ3) is 3.12. The standard InChI is InChI=1S/C21H20N2O3/c24-20(18-15-3-4-16(12-15)19(18)21(25)26)23-17-5-1-13(2-6-17)11-14-7-9-22-10-8-14/h1-10,15-16,18-19H,11-12H2,(H,23,24)(H,25,26). The molecule has 26 heavy (non-hydrogen) atoms. The number of fused-ring (bicyclic) bond motifs is 2. The van der Waals surface area contributed by atoms with Crippen LogP contribution in [0.2, 0.25) is 0 Å². The highest BCUT2D eigenvalue weighted by molar-refractivity contribution is 5.96. The molecule has 1 saturated carbocycles. The van der Waals surface area contributed by atoms with Crippen LogP contribution >= 0.6 is 0 Å². The summed E-state index contributed by atoms with van der Waals surface area (Å²) in [5.74, 6) is -2.16. The van der Waals surface area contributed by atoms with Gasteiger partial charge in [0.15, 0.2) is 0 Å². The molecule has 2 aromatic rings. The highest BCUT2D eigenvalue weighted by atomic mass is 16.4. The Bertz CT molecular complexity index is 845. The molecule has 2 bridgehead atoms. The molecule has 1 aromatic carbocycles. The van der Waals surface area contributed by atoms with E-state index in [1.54, 1.807) is 12.4 Å². The van der Waals surface area contributed by atoms with Crippen LogP contribution in [0.5, 0.6) is 0 Å². The van der Waals surface area contributed by atoms with Crippen molar-refractivity contribution in [2.75, 3.05) is 5.32 Å². The zero-order valence-corrected chi connectivity index (χ0v) is 14.2. The molecule has 1 fully saturated rings. The monoisotopic (exact) mass is 348 g/mol. The molecular weight excluding hydrogens is 328 g/mol. The van der Waals surface area contributed by atoms with Gasteiger partial charge in [-0.15, -0.1) is 0 Å². The summed E-state index contributed by atoms with van der Waals surface area (Å²) in [7, 11) is 0. The second-order valence-corrected chi connectivity index (χ2v) is 7.06. The maximum Gasteiger partial charge on any atom is 0.307 e. The summed E-state index contributed by atoms with van der Waals surface area (Å²) in [4.78, 5) is 28.3. The molecule has 0 aliphatic heterocycles. The van der Waals surface area contributed by atoms with Crippen LogP contribution in [0.1, 0.15) is 17.5 Å². The summed E-state index contributed by atoms with van der Waals surface area (Å²) in [6.07, 6.45) is 9.04. The lowest BCUT2D eigenvalue weighted by Gasteiger charge is -2.23. The maximum atomic E-state index is 12.7. The Balaban J connectivity index is 1.43. The highest BCUT2D eigenvalue weighted by Gasteiger charge is 2.51. The SMILES string of the molecule is O=C(O)C1C2C=CC(C2)C1C(=O)Nc1ccc(Cc2ccncc2)cc1. The first-order valence-electron chi connectivity index (χ1n) is 8.81. The Hall–Kier alpha value is -2.95. The lowest BCUT2D eigenvalue weighted by molar-refractivity contribution is -0.146. The maximum absolute atomic E-state index is 12.7. The van der Waals surface area contributed by atoms with Crippen LogP contribution in [0, 0.1) is 23.7 Å². The Morgan fingerprint density at radius 1 is 0.962 bits per heavy atom. The van der Waals surface area contributed by atoms with Crippen LogP contribution in [0.25, 0.3) is 0 Å². The van der Waals surface area contributed by atoms with E-state index >= 15 is 0 Å². The third-order valence-corrected chi connectivity index (χ3v) is 5.43. The van der Waals surface area contributed by atoms with E-state index in [0.717, 1.165) is 18.4 Å². The van der Waals surface area contributed by atoms with E-state index < -0.39 is 17.8 Å². The number of carbonyl (C=O) groups is 2. The average molecular weight is 348 g/mol. The lowest BCUT2D eigenvalue weighted by Crippen LogP contribution is -2.36. The van der Waals surface area contributed by atoms with E-state index in [2.05, 4.69) is 10.3 Å². The summed E-state index contributed by atoms with van der Waals surface area (Å²) >= 11 is 0. The first kappa shape index (κ1) is 16.5. The fraction of sp³-hybridized carbons (Fsp3) is 0.286. The lowest BCUT2D eigenvalue weighted by atomic mass is 9.82. The molecule has 2 aliphatic rings. The van der Waals surface area contributed by atoms with Gasteiger partial charge in [0, 0.05) is 18.1 Å². The van der Waals surface area contributed by atoms with Crippen LogP contribution in [0.3, 0.4) is 0 Å². The summed E-state index contributed by atoms with van der Waals surface area (Å²) in [6, 6.07) is 11.6. The quantitative estimate of drug-likeness (QED) is 0.814. The average Bonchev–Trinajstić information content (AvgIpc) is 3.25. The van der Waals surface area contributed by atoms with Gasteiger partial charge in [0.1, 0.15) is 0 Å². The van der Waals surface area contributed by atoms with Gasteiger partial charge in [0.25, 0.3) is 0 Å². The Kier molecular flexibility index (Phi) is 4.29. The van der Waals surface area contributed by atoms with Crippen LogP contribution in [-0.2, 0) is 16.0 Å². The zero-order chi connectivity index (χ0) is 18.1. The van der Waals surface area contributed by atoms with Gasteiger partial charge >= 0.3 is 5.97 Å². The Morgan fingerprint density at radius 3 is 2.23 bits per heavy atom. The summed E-state index contributed by atoms with van der Waals surface area (Å²) in [5.41, 5.74) is 3.01. The molecule has 4 rings (SSSR count). The number of rotatable bonds is 5. The van der Waals surface area contributed by atoms with E-state index in [9.17, 15) is 14.7 Å².